The van der Waals surface area contributed by atoms with Crippen molar-refractivity contribution in [2.75, 3.05) is 6.61 Å². The summed E-state index contributed by atoms with van der Waals surface area (Å²) in [6, 6.07) is 14.3. The molecule has 4 atom stereocenters. The van der Waals surface area contributed by atoms with Crippen molar-refractivity contribution in [3.63, 3.8) is 0 Å². The molecular formula is C29H37N3O6. The van der Waals surface area contributed by atoms with E-state index in [1.165, 1.54) is 0 Å². The molecule has 0 bridgehead atoms. The summed E-state index contributed by atoms with van der Waals surface area (Å²) in [7, 11) is 0. The number of fused-ring (bicyclic) bond motifs is 1. The molecule has 3 amide bonds. The van der Waals surface area contributed by atoms with Crippen LogP contribution < -0.4 is 20.7 Å². The molecule has 204 valence electrons. The molecular weight excluding hydrogens is 486 g/mol. The summed E-state index contributed by atoms with van der Waals surface area (Å²) in [6.45, 7) is 3.99. The van der Waals surface area contributed by atoms with E-state index in [9.17, 15) is 24.6 Å². The minimum absolute atomic E-state index is 0.0510. The molecule has 9 nitrogen and oxygen atoms in total. The number of carbonyl (C=O) groups is 3. The maximum atomic E-state index is 13.2. The number of carbonyl (C=O) groups excluding carboxylic acids is 3. The Bertz CT molecular complexity index is 1160. The number of nitrogens with one attached hydrogen (secondary N) is 3. The number of para-hydroxylation sites is 1. The number of hydrogen-bond donors (Lipinski definition) is 5. The van der Waals surface area contributed by atoms with Crippen LogP contribution in [0.25, 0.3) is 0 Å². The molecule has 1 fully saturated rings. The third-order valence-corrected chi connectivity index (χ3v) is 7.63. The Balaban J connectivity index is 1.34. The van der Waals surface area contributed by atoms with Gasteiger partial charge < -0.3 is 30.9 Å². The molecule has 0 radical (unpaired) electrons. The van der Waals surface area contributed by atoms with Gasteiger partial charge in [0.25, 0.3) is 0 Å². The predicted molar refractivity (Wildman–Crippen MR) is 141 cm³/mol. The number of aliphatic hydroxyl groups is 2. The van der Waals surface area contributed by atoms with Crippen molar-refractivity contribution in [1.82, 2.24) is 16.0 Å². The summed E-state index contributed by atoms with van der Waals surface area (Å²) < 4.78 is 5.52. The smallest absolute Gasteiger partial charge is 0.249 e. The van der Waals surface area contributed by atoms with Crippen LogP contribution in [0.1, 0.15) is 61.8 Å². The SMILES string of the molecule is Cc1ccccc1CNC(=O)C1(NC(=O)[C@@H](O)C[C@@H](C)C(=O)N[C@H]2c3ccccc3OC[C@H]2O)CCCC1. The van der Waals surface area contributed by atoms with Crippen LogP contribution in [0.3, 0.4) is 0 Å². The highest BCUT2D eigenvalue weighted by molar-refractivity contribution is 5.93. The average Bonchev–Trinajstić information content (AvgIpc) is 3.39. The van der Waals surface area contributed by atoms with Gasteiger partial charge in [0.1, 0.15) is 30.1 Å². The van der Waals surface area contributed by atoms with Gasteiger partial charge in [-0.1, -0.05) is 62.2 Å². The second-order valence-corrected chi connectivity index (χ2v) is 10.4. The Kier molecular flexibility index (Phi) is 8.69. The lowest BCUT2D eigenvalue weighted by Crippen LogP contribution is -2.59. The zero-order valence-corrected chi connectivity index (χ0v) is 21.9. The highest BCUT2D eigenvalue weighted by Gasteiger charge is 2.43. The molecule has 0 aromatic heterocycles. The van der Waals surface area contributed by atoms with Crippen molar-refractivity contribution in [2.45, 2.75) is 76.3 Å². The van der Waals surface area contributed by atoms with E-state index in [2.05, 4.69) is 16.0 Å². The Morgan fingerprint density at radius 2 is 1.74 bits per heavy atom. The standard InChI is InChI=1S/C29H37N3O6/c1-18-9-3-4-10-20(18)16-30-28(37)29(13-7-8-14-29)32-27(36)22(33)15-19(2)26(35)31-25-21-11-5-6-12-24(21)38-17-23(25)34/h3-6,9-12,19,22-23,25,33-34H,7-8,13-17H2,1-2H3,(H,30,37)(H,31,35)(H,32,36)/t19-,22+,23-,25+/m1/s1. The van der Waals surface area contributed by atoms with Gasteiger partial charge in [-0.25, -0.2) is 0 Å². The number of benzene rings is 2. The fourth-order valence-corrected chi connectivity index (χ4v) is 5.23. The largest absolute Gasteiger partial charge is 0.490 e. The van der Waals surface area contributed by atoms with Gasteiger partial charge in [0.2, 0.25) is 17.7 Å². The molecule has 0 spiro atoms. The average molecular weight is 524 g/mol. The minimum Gasteiger partial charge on any atom is -0.490 e. The molecule has 1 saturated carbocycles. The molecule has 38 heavy (non-hydrogen) atoms. The van der Waals surface area contributed by atoms with Crippen LogP contribution in [0.4, 0.5) is 0 Å². The van der Waals surface area contributed by atoms with Crippen molar-refractivity contribution in [3.8, 4) is 5.75 Å². The van der Waals surface area contributed by atoms with Crippen molar-refractivity contribution < 1.29 is 29.3 Å². The van der Waals surface area contributed by atoms with E-state index in [-0.39, 0.29) is 18.9 Å². The Morgan fingerprint density at radius 3 is 2.47 bits per heavy atom. The lowest BCUT2D eigenvalue weighted by Gasteiger charge is -2.32. The molecule has 1 aliphatic carbocycles. The zero-order chi connectivity index (χ0) is 27.3. The van der Waals surface area contributed by atoms with Gasteiger partial charge in [0.05, 0.1) is 6.04 Å². The number of aliphatic hydroxyl groups excluding tert-OH is 2. The molecule has 1 aliphatic heterocycles. The second kappa shape index (κ2) is 12.0. The monoisotopic (exact) mass is 523 g/mol. The van der Waals surface area contributed by atoms with Gasteiger partial charge in [-0.3, -0.25) is 14.4 Å². The summed E-state index contributed by atoms with van der Waals surface area (Å²) in [5, 5.41) is 29.6. The van der Waals surface area contributed by atoms with E-state index in [1.807, 2.05) is 37.3 Å². The van der Waals surface area contributed by atoms with E-state index < -0.39 is 41.5 Å². The van der Waals surface area contributed by atoms with Gasteiger partial charge in [0, 0.05) is 18.0 Å². The first kappa shape index (κ1) is 27.6. The molecule has 0 unspecified atom stereocenters. The van der Waals surface area contributed by atoms with Crippen molar-refractivity contribution in [1.29, 1.82) is 0 Å². The maximum absolute atomic E-state index is 13.2. The van der Waals surface area contributed by atoms with Gasteiger partial charge in [-0.05, 0) is 43.4 Å². The summed E-state index contributed by atoms with van der Waals surface area (Å²) in [5.74, 6) is -1.46. The van der Waals surface area contributed by atoms with Crippen LogP contribution in [0.5, 0.6) is 5.75 Å². The molecule has 2 aliphatic rings. The molecule has 2 aromatic carbocycles. The van der Waals surface area contributed by atoms with Crippen LogP contribution in [0.15, 0.2) is 48.5 Å². The van der Waals surface area contributed by atoms with Gasteiger partial charge >= 0.3 is 0 Å². The summed E-state index contributed by atoms with van der Waals surface area (Å²) >= 11 is 0. The molecule has 5 N–H and O–H groups in total. The van der Waals surface area contributed by atoms with Crippen LogP contribution in [0, 0.1) is 12.8 Å². The number of ether oxygens (including phenoxy) is 1. The number of aryl methyl sites for hydroxylation is 1. The van der Waals surface area contributed by atoms with Crippen molar-refractivity contribution in [2.24, 2.45) is 5.92 Å². The normalized spacial score (nSPS) is 21.4. The zero-order valence-electron chi connectivity index (χ0n) is 21.9. The van der Waals surface area contributed by atoms with E-state index in [1.54, 1.807) is 25.1 Å². The quantitative estimate of drug-likeness (QED) is 0.341. The summed E-state index contributed by atoms with van der Waals surface area (Å²) in [5.41, 5.74) is 1.65. The first-order valence-electron chi connectivity index (χ1n) is 13.2. The topological polar surface area (TPSA) is 137 Å². The highest BCUT2D eigenvalue weighted by atomic mass is 16.5. The van der Waals surface area contributed by atoms with Crippen LogP contribution in [-0.4, -0.2) is 52.3 Å². The summed E-state index contributed by atoms with van der Waals surface area (Å²) in [6.07, 6.45) is 0.0482. The van der Waals surface area contributed by atoms with E-state index >= 15 is 0 Å². The second-order valence-electron chi connectivity index (χ2n) is 10.4. The molecule has 2 aromatic rings. The molecule has 0 saturated heterocycles. The van der Waals surface area contributed by atoms with Crippen molar-refractivity contribution >= 4 is 17.7 Å². The van der Waals surface area contributed by atoms with Crippen molar-refractivity contribution in [3.05, 3.63) is 65.2 Å². The molecule has 9 heteroatoms. The Hall–Kier alpha value is -3.43. The van der Waals surface area contributed by atoms with Gasteiger partial charge in [-0.15, -0.1) is 0 Å². The van der Waals surface area contributed by atoms with E-state index in [0.717, 1.165) is 24.0 Å². The van der Waals surface area contributed by atoms with E-state index in [4.69, 9.17) is 4.74 Å². The maximum Gasteiger partial charge on any atom is 0.249 e. The third kappa shape index (κ3) is 6.16. The number of rotatable bonds is 9. The lowest BCUT2D eigenvalue weighted by atomic mass is 9.94. The summed E-state index contributed by atoms with van der Waals surface area (Å²) in [4.78, 5) is 39.1. The number of amides is 3. The van der Waals surface area contributed by atoms with Crippen LogP contribution in [-0.2, 0) is 20.9 Å². The predicted octanol–water partition coefficient (Wildman–Crippen LogP) is 2.04. The third-order valence-electron chi connectivity index (χ3n) is 7.63. The van der Waals surface area contributed by atoms with E-state index in [0.29, 0.717) is 30.7 Å². The lowest BCUT2D eigenvalue weighted by molar-refractivity contribution is -0.139. The highest BCUT2D eigenvalue weighted by Crippen LogP contribution is 2.33. The fourth-order valence-electron chi connectivity index (χ4n) is 5.23. The molecule has 1 heterocycles. The number of hydrogen-bond acceptors (Lipinski definition) is 6. The first-order valence-corrected chi connectivity index (χ1v) is 13.2. The Labute approximate surface area is 223 Å². The minimum atomic E-state index is -1.47. The fraction of sp³-hybridized carbons (Fsp3) is 0.483. The first-order chi connectivity index (χ1) is 18.2. The van der Waals surface area contributed by atoms with Gasteiger partial charge in [-0.2, -0.15) is 0 Å². The van der Waals surface area contributed by atoms with Crippen LogP contribution >= 0.6 is 0 Å². The molecule has 4 rings (SSSR count). The van der Waals surface area contributed by atoms with Gasteiger partial charge in [0.15, 0.2) is 0 Å². The Morgan fingerprint density at radius 1 is 1.05 bits per heavy atom. The van der Waals surface area contributed by atoms with Crippen LogP contribution in [0.2, 0.25) is 0 Å².